The molecule has 19 heavy (non-hydrogen) atoms. The first-order valence-electron chi connectivity index (χ1n) is 7.05. The number of fused-ring (bicyclic) bond motifs is 1. The first-order valence-corrected chi connectivity index (χ1v) is 7.05. The minimum absolute atomic E-state index is 0.0686. The Morgan fingerprint density at radius 3 is 2.95 bits per heavy atom. The Kier molecular flexibility index (Phi) is 3.53. The number of rotatable bonds is 1. The number of nitrogens with zero attached hydrogens (tertiary/aromatic N) is 1. The minimum Gasteiger partial charge on any atom is -0.392 e. The SMILES string of the molecule is O=C1Nc2ccccc2CCC1N1CCC[C@H](O)C1. The molecule has 0 saturated carbocycles. The summed E-state index contributed by atoms with van der Waals surface area (Å²) in [5, 5.41) is 12.8. The zero-order valence-electron chi connectivity index (χ0n) is 11.0. The van der Waals surface area contributed by atoms with Gasteiger partial charge in [-0.15, -0.1) is 0 Å². The van der Waals surface area contributed by atoms with Crippen LogP contribution in [-0.4, -0.2) is 41.1 Å². The highest BCUT2D eigenvalue weighted by atomic mass is 16.3. The quantitative estimate of drug-likeness (QED) is 0.802. The second-order valence-electron chi connectivity index (χ2n) is 5.49. The van der Waals surface area contributed by atoms with E-state index in [1.807, 2.05) is 18.2 Å². The van der Waals surface area contributed by atoms with Crippen LogP contribution in [0.5, 0.6) is 0 Å². The minimum atomic E-state index is -0.285. The number of amides is 1. The highest BCUT2D eigenvalue weighted by Crippen LogP contribution is 2.25. The van der Waals surface area contributed by atoms with Crippen LogP contribution in [0.4, 0.5) is 5.69 Å². The van der Waals surface area contributed by atoms with Crippen molar-refractivity contribution in [3.63, 3.8) is 0 Å². The van der Waals surface area contributed by atoms with Crippen LogP contribution in [0.15, 0.2) is 24.3 Å². The standard InChI is InChI=1S/C15H20N2O2/c18-12-5-3-9-17(10-12)14-8-7-11-4-1-2-6-13(11)16-15(14)19/h1-2,4,6,12,14,18H,3,5,7-10H2,(H,16,19)/t12-,14?/m0/s1. The first kappa shape index (κ1) is 12.6. The summed E-state index contributed by atoms with van der Waals surface area (Å²) in [5.74, 6) is 0.0686. The van der Waals surface area contributed by atoms with E-state index >= 15 is 0 Å². The number of aryl methyl sites for hydroxylation is 1. The second kappa shape index (κ2) is 5.31. The monoisotopic (exact) mass is 260 g/mol. The van der Waals surface area contributed by atoms with Crippen LogP contribution in [0.2, 0.25) is 0 Å². The van der Waals surface area contributed by atoms with Gasteiger partial charge in [0, 0.05) is 12.2 Å². The van der Waals surface area contributed by atoms with E-state index in [0.29, 0.717) is 6.54 Å². The zero-order valence-corrected chi connectivity index (χ0v) is 11.0. The Hall–Kier alpha value is -1.39. The summed E-state index contributed by atoms with van der Waals surface area (Å²) in [7, 11) is 0. The normalized spacial score (nSPS) is 28.4. The summed E-state index contributed by atoms with van der Waals surface area (Å²) in [6.45, 7) is 1.53. The molecule has 1 unspecified atom stereocenters. The van der Waals surface area contributed by atoms with Crippen molar-refractivity contribution in [2.75, 3.05) is 18.4 Å². The fourth-order valence-corrected chi connectivity index (χ4v) is 3.11. The number of carbonyl (C=O) groups excluding carboxylic acids is 1. The fourth-order valence-electron chi connectivity index (χ4n) is 3.11. The highest BCUT2D eigenvalue weighted by Gasteiger charge is 2.31. The lowest BCUT2D eigenvalue weighted by molar-refractivity contribution is -0.122. The molecule has 2 aliphatic rings. The molecule has 4 nitrogen and oxygen atoms in total. The molecule has 1 aromatic carbocycles. The number of hydrogen-bond donors (Lipinski definition) is 2. The van der Waals surface area contributed by atoms with Gasteiger partial charge in [0.2, 0.25) is 5.91 Å². The Morgan fingerprint density at radius 1 is 1.26 bits per heavy atom. The van der Waals surface area contributed by atoms with E-state index in [0.717, 1.165) is 37.9 Å². The van der Waals surface area contributed by atoms with Crippen molar-refractivity contribution in [3.8, 4) is 0 Å². The average Bonchev–Trinajstić information content (AvgIpc) is 2.57. The zero-order chi connectivity index (χ0) is 13.2. The smallest absolute Gasteiger partial charge is 0.241 e. The molecule has 4 heteroatoms. The maximum atomic E-state index is 12.3. The average molecular weight is 260 g/mol. The van der Waals surface area contributed by atoms with Crippen LogP contribution < -0.4 is 5.32 Å². The van der Waals surface area contributed by atoms with Crippen LogP contribution in [0.3, 0.4) is 0 Å². The number of aliphatic hydroxyl groups excluding tert-OH is 1. The van der Waals surface area contributed by atoms with Gasteiger partial charge in [0.1, 0.15) is 0 Å². The summed E-state index contributed by atoms with van der Waals surface area (Å²) in [6.07, 6.45) is 3.28. The maximum Gasteiger partial charge on any atom is 0.241 e. The summed E-state index contributed by atoms with van der Waals surface area (Å²) in [5.41, 5.74) is 2.14. The van der Waals surface area contributed by atoms with E-state index in [1.54, 1.807) is 0 Å². The lowest BCUT2D eigenvalue weighted by atomic mass is 10.0. The van der Waals surface area contributed by atoms with E-state index in [-0.39, 0.29) is 18.1 Å². The molecular formula is C15H20N2O2. The predicted octanol–water partition coefficient (Wildman–Crippen LogP) is 1.40. The summed E-state index contributed by atoms with van der Waals surface area (Å²) >= 11 is 0. The van der Waals surface area contributed by atoms with Crippen molar-refractivity contribution in [1.82, 2.24) is 4.90 Å². The van der Waals surface area contributed by atoms with Crippen LogP contribution >= 0.6 is 0 Å². The Morgan fingerprint density at radius 2 is 2.11 bits per heavy atom. The second-order valence-corrected chi connectivity index (χ2v) is 5.49. The van der Waals surface area contributed by atoms with Gasteiger partial charge < -0.3 is 10.4 Å². The maximum absolute atomic E-state index is 12.3. The third-order valence-electron chi connectivity index (χ3n) is 4.13. The number of piperidine rings is 1. The Labute approximate surface area is 113 Å². The van der Waals surface area contributed by atoms with Gasteiger partial charge in [-0.1, -0.05) is 18.2 Å². The molecule has 0 spiro atoms. The molecule has 0 aliphatic carbocycles. The molecule has 0 radical (unpaired) electrons. The lowest BCUT2D eigenvalue weighted by Gasteiger charge is -2.35. The number of carbonyl (C=O) groups is 1. The third kappa shape index (κ3) is 2.65. The molecule has 102 valence electrons. The van der Waals surface area contributed by atoms with Crippen molar-refractivity contribution in [2.24, 2.45) is 0 Å². The van der Waals surface area contributed by atoms with Gasteiger partial charge in [0.05, 0.1) is 12.1 Å². The Bertz CT molecular complexity index is 475. The van der Waals surface area contributed by atoms with E-state index in [2.05, 4.69) is 16.3 Å². The van der Waals surface area contributed by atoms with Crippen molar-refractivity contribution in [2.45, 2.75) is 37.8 Å². The molecule has 0 aromatic heterocycles. The van der Waals surface area contributed by atoms with E-state index in [9.17, 15) is 9.90 Å². The van der Waals surface area contributed by atoms with Gasteiger partial charge in [0.25, 0.3) is 0 Å². The van der Waals surface area contributed by atoms with Gasteiger partial charge >= 0.3 is 0 Å². The van der Waals surface area contributed by atoms with Gasteiger partial charge in [0.15, 0.2) is 0 Å². The number of anilines is 1. The number of para-hydroxylation sites is 1. The van der Waals surface area contributed by atoms with Crippen LogP contribution in [0, 0.1) is 0 Å². The number of hydrogen-bond acceptors (Lipinski definition) is 3. The van der Waals surface area contributed by atoms with Crippen molar-refractivity contribution in [1.29, 1.82) is 0 Å². The fraction of sp³-hybridized carbons (Fsp3) is 0.533. The van der Waals surface area contributed by atoms with Crippen LogP contribution in [0.25, 0.3) is 0 Å². The number of nitrogens with one attached hydrogen (secondary N) is 1. The van der Waals surface area contributed by atoms with E-state index in [1.165, 1.54) is 5.56 Å². The van der Waals surface area contributed by atoms with Gasteiger partial charge in [-0.3, -0.25) is 9.69 Å². The summed E-state index contributed by atoms with van der Waals surface area (Å²) in [6, 6.07) is 7.88. The first-order chi connectivity index (χ1) is 9.24. The van der Waals surface area contributed by atoms with Gasteiger partial charge in [-0.2, -0.15) is 0 Å². The molecule has 1 fully saturated rings. The molecule has 2 N–H and O–H groups in total. The molecule has 1 aromatic rings. The molecule has 2 atom stereocenters. The molecule has 2 heterocycles. The molecule has 0 bridgehead atoms. The third-order valence-corrected chi connectivity index (χ3v) is 4.13. The predicted molar refractivity (Wildman–Crippen MR) is 74.0 cm³/mol. The summed E-state index contributed by atoms with van der Waals surface area (Å²) < 4.78 is 0. The number of likely N-dealkylation sites (tertiary alicyclic amines) is 1. The Balaban J connectivity index is 1.77. The largest absolute Gasteiger partial charge is 0.392 e. The lowest BCUT2D eigenvalue weighted by Crippen LogP contribution is -2.49. The van der Waals surface area contributed by atoms with Crippen LogP contribution in [-0.2, 0) is 11.2 Å². The topological polar surface area (TPSA) is 52.6 Å². The van der Waals surface area contributed by atoms with Crippen molar-refractivity contribution >= 4 is 11.6 Å². The molecule has 1 saturated heterocycles. The van der Waals surface area contributed by atoms with Crippen molar-refractivity contribution < 1.29 is 9.90 Å². The highest BCUT2D eigenvalue weighted by molar-refractivity contribution is 5.96. The number of benzene rings is 1. The van der Waals surface area contributed by atoms with Gasteiger partial charge in [-0.25, -0.2) is 0 Å². The molecule has 3 rings (SSSR count). The molecule has 1 amide bonds. The van der Waals surface area contributed by atoms with E-state index < -0.39 is 0 Å². The van der Waals surface area contributed by atoms with E-state index in [4.69, 9.17) is 0 Å². The summed E-state index contributed by atoms with van der Waals surface area (Å²) in [4.78, 5) is 14.5. The van der Waals surface area contributed by atoms with Crippen molar-refractivity contribution in [3.05, 3.63) is 29.8 Å². The number of aliphatic hydroxyl groups is 1. The molecule has 2 aliphatic heterocycles. The number of β-amino-alcohol motifs (C(OH)–C–C–N with tert-alkyl or cyclic N) is 1. The molecular weight excluding hydrogens is 240 g/mol. The van der Waals surface area contributed by atoms with Crippen LogP contribution in [0.1, 0.15) is 24.8 Å². The van der Waals surface area contributed by atoms with Gasteiger partial charge in [-0.05, 0) is 43.9 Å².